The van der Waals surface area contributed by atoms with Crippen molar-refractivity contribution in [3.63, 3.8) is 0 Å². The van der Waals surface area contributed by atoms with Gasteiger partial charge in [-0.3, -0.25) is 0 Å². The molecule has 0 unspecified atom stereocenters. The van der Waals surface area contributed by atoms with Crippen LogP contribution in [-0.2, 0) is 42.6 Å². The van der Waals surface area contributed by atoms with Crippen LogP contribution in [0.25, 0.3) is 11.0 Å². The molecule has 5 aliphatic heterocycles. The van der Waals surface area contributed by atoms with Crippen molar-refractivity contribution in [1.82, 2.24) is 0 Å². The third kappa shape index (κ3) is 10.6. The molecule has 28 heteroatoms. The largest absolute Gasteiger partial charge is 0.462 e. The number of hydrogen-bond donors (Lipinski definition) is 16. The molecule has 0 saturated carbocycles. The molecule has 25 atom stereocenters. The Bertz CT molecular complexity index is 1990. The number of fused-ring (bicyclic) bond motifs is 1. The average Bonchev–Trinajstić information content (AvgIpc) is 3.31. The molecular formula is C40H58O28. The molecule has 28 nitrogen and oxygen atoms in total. The predicted octanol–water partition coefficient (Wildman–Crippen LogP) is -9.42. The summed E-state index contributed by atoms with van der Waals surface area (Å²) in [6.07, 6.45) is -47.5. The van der Waals surface area contributed by atoms with E-state index in [1.165, 1.54) is 18.2 Å². The van der Waals surface area contributed by atoms with Crippen molar-refractivity contribution in [2.45, 2.75) is 160 Å². The van der Waals surface area contributed by atoms with Crippen molar-refractivity contribution in [1.29, 1.82) is 0 Å². The summed E-state index contributed by atoms with van der Waals surface area (Å²) in [5.74, 6) is 0.00392. The van der Waals surface area contributed by atoms with Gasteiger partial charge >= 0.3 is 5.63 Å². The van der Waals surface area contributed by atoms with E-state index < -0.39 is 192 Å². The van der Waals surface area contributed by atoms with Gasteiger partial charge in [0.2, 0.25) is 6.29 Å². The number of aliphatic hydroxyl groups excluding tert-OH is 16. The van der Waals surface area contributed by atoms with Crippen LogP contribution in [0.2, 0.25) is 0 Å². The highest BCUT2D eigenvalue weighted by Gasteiger charge is 2.57. The lowest BCUT2D eigenvalue weighted by Crippen LogP contribution is -2.68. The second-order valence-electron chi connectivity index (χ2n) is 17.0. The number of ether oxygens (including phenoxy) is 10. The van der Waals surface area contributed by atoms with Crippen molar-refractivity contribution >= 4 is 11.0 Å². The molecule has 0 spiro atoms. The Balaban J connectivity index is 1.07. The summed E-state index contributed by atoms with van der Waals surface area (Å²) in [5, 5.41) is 172. The van der Waals surface area contributed by atoms with Gasteiger partial charge in [-0.05, 0) is 24.6 Å². The molecule has 0 bridgehead atoms. The maximum absolute atomic E-state index is 12.0. The maximum Gasteiger partial charge on any atom is 0.336 e. The fraction of sp³-hybridized carbons (Fsp3) is 0.775. The first kappa shape index (κ1) is 53.0. The maximum atomic E-state index is 12.0. The Kier molecular flexibility index (Phi) is 17.4. The number of aliphatic hydroxyl groups is 16. The Labute approximate surface area is 383 Å². The van der Waals surface area contributed by atoms with Crippen LogP contribution in [0.1, 0.15) is 5.56 Å². The van der Waals surface area contributed by atoms with Gasteiger partial charge in [0.15, 0.2) is 25.2 Å². The standard InChI is InChI=1S/C40H58O28/c1-11-4-20(46)59-14-5-12(2-3-13(11)14)58-37-28(54)32(22(48)16(7-42)61-37)66-39-30(56)34(24(50)18(9-44)63-39)68-40-31(57)35(25(51)19(10-45)64-40)67-38-29(55)33(23(49)17(8-43)62-38)65-36-27(53)26(52)21(47)15(6-41)60-36/h2-5,15-19,21-45,47-57H,6-10H2,1H3/t15-,16-,17-,18-,19-,21-,22-,23-,24-,25-,26+,27-,28-,29-,30-,31-,32+,33+,34+,35+,36+,37-,38+,39+,40+/m1/s1. The van der Waals surface area contributed by atoms with E-state index >= 15 is 0 Å². The fourth-order valence-electron chi connectivity index (χ4n) is 8.60. The van der Waals surface area contributed by atoms with Crippen LogP contribution < -0.4 is 10.4 Å². The summed E-state index contributed by atoms with van der Waals surface area (Å²) >= 11 is 0. The monoisotopic (exact) mass is 986 g/mol. The van der Waals surface area contributed by atoms with E-state index in [0.29, 0.717) is 10.9 Å². The van der Waals surface area contributed by atoms with E-state index in [9.17, 15) is 86.5 Å². The van der Waals surface area contributed by atoms with Crippen molar-refractivity contribution in [2.24, 2.45) is 0 Å². The van der Waals surface area contributed by atoms with E-state index in [4.69, 9.17) is 51.8 Å². The van der Waals surface area contributed by atoms with Crippen LogP contribution in [0.3, 0.4) is 0 Å². The minimum atomic E-state index is -2.21. The van der Waals surface area contributed by atoms with Crippen molar-refractivity contribution in [2.75, 3.05) is 33.0 Å². The molecule has 16 N–H and O–H groups in total. The summed E-state index contributed by atoms with van der Waals surface area (Å²) in [6, 6.07) is 5.63. The van der Waals surface area contributed by atoms with E-state index in [0.717, 1.165) is 0 Å². The van der Waals surface area contributed by atoms with Gasteiger partial charge in [-0.25, -0.2) is 4.79 Å². The topological polar surface area (TPSA) is 446 Å². The van der Waals surface area contributed by atoms with Crippen molar-refractivity contribution in [3.8, 4) is 5.75 Å². The van der Waals surface area contributed by atoms with Gasteiger partial charge in [0.05, 0.1) is 33.0 Å². The first-order valence-corrected chi connectivity index (χ1v) is 21.5. The van der Waals surface area contributed by atoms with Crippen molar-refractivity contribution < 1.29 is 133 Å². The molecule has 6 heterocycles. The smallest absolute Gasteiger partial charge is 0.336 e. The zero-order chi connectivity index (χ0) is 49.5. The summed E-state index contributed by atoms with van der Waals surface area (Å²) in [4.78, 5) is 12.0. The normalized spacial score (nSPS) is 45.9. The molecule has 68 heavy (non-hydrogen) atoms. The molecule has 0 amide bonds. The third-order valence-corrected chi connectivity index (χ3v) is 12.5. The van der Waals surface area contributed by atoms with Gasteiger partial charge in [-0.2, -0.15) is 0 Å². The molecule has 5 saturated heterocycles. The lowest BCUT2D eigenvalue weighted by atomic mass is 9.95. The first-order chi connectivity index (χ1) is 32.3. The van der Waals surface area contributed by atoms with Gasteiger partial charge in [-0.15, -0.1) is 0 Å². The summed E-state index contributed by atoms with van der Waals surface area (Å²) in [5.41, 5.74) is 0.0754. The van der Waals surface area contributed by atoms with Gasteiger partial charge in [0.25, 0.3) is 0 Å². The summed E-state index contributed by atoms with van der Waals surface area (Å²) < 4.78 is 61.6. The van der Waals surface area contributed by atoms with Crippen LogP contribution >= 0.6 is 0 Å². The highest BCUT2D eigenvalue weighted by atomic mass is 16.8. The first-order valence-electron chi connectivity index (χ1n) is 21.5. The second-order valence-corrected chi connectivity index (χ2v) is 17.0. The summed E-state index contributed by atoms with van der Waals surface area (Å²) in [7, 11) is 0. The van der Waals surface area contributed by atoms with Crippen LogP contribution in [0.4, 0.5) is 0 Å². The molecule has 5 aliphatic rings. The Hall–Kier alpha value is -2.77. The molecule has 1 aromatic heterocycles. The number of aryl methyl sites for hydroxylation is 1. The molecular weight excluding hydrogens is 928 g/mol. The minimum absolute atomic E-state index is 0.00392. The number of rotatable bonds is 15. The van der Waals surface area contributed by atoms with Gasteiger partial charge < -0.3 is 133 Å². The number of benzene rings is 1. The van der Waals surface area contributed by atoms with Crippen LogP contribution in [0.5, 0.6) is 5.75 Å². The van der Waals surface area contributed by atoms with Gasteiger partial charge in [0.1, 0.15) is 133 Å². The molecule has 0 radical (unpaired) electrons. The SMILES string of the molecule is Cc1cc(=O)oc2cc(O[C@@H]3O[C@H](CO)[C@@H](O)[C@H](O[C@@H]4O[C@H](CO)[C@@H](O)[C@H](O[C@@H]5O[C@H](CO)[C@@H](O)[C@H](O[C@@H]6O[C@H](CO)[C@@H](O)[C@H](O[C@@H]7O[C@H](CO)[C@@H](O)[C@H](O)[C@H]7O)[C@H]6O)[C@H]5O)[C@H]4O)[C@H]3O)ccc12. The Morgan fingerprint density at radius 1 is 0.426 bits per heavy atom. The van der Waals surface area contributed by atoms with E-state index in [-0.39, 0.29) is 11.3 Å². The zero-order valence-corrected chi connectivity index (χ0v) is 35.8. The molecule has 386 valence electrons. The Morgan fingerprint density at radius 3 is 1.15 bits per heavy atom. The zero-order valence-electron chi connectivity index (χ0n) is 35.8. The minimum Gasteiger partial charge on any atom is -0.462 e. The third-order valence-electron chi connectivity index (χ3n) is 12.5. The highest BCUT2D eigenvalue weighted by Crippen LogP contribution is 2.36. The van der Waals surface area contributed by atoms with Crippen molar-refractivity contribution in [3.05, 3.63) is 40.2 Å². The van der Waals surface area contributed by atoms with Gasteiger partial charge in [-0.1, -0.05) is 0 Å². The summed E-state index contributed by atoms with van der Waals surface area (Å²) in [6.45, 7) is -2.99. The fourth-order valence-corrected chi connectivity index (χ4v) is 8.60. The molecule has 1 aromatic carbocycles. The van der Waals surface area contributed by atoms with Gasteiger partial charge in [0, 0.05) is 17.5 Å². The molecule has 2 aromatic rings. The van der Waals surface area contributed by atoms with E-state index in [1.807, 2.05) is 0 Å². The van der Waals surface area contributed by atoms with Crippen LogP contribution in [0, 0.1) is 6.92 Å². The van der Waals surface area contributed by atoms with E-state index in [2.05, 4.69) is 0 Å². The molecule has 7 rings (SSSR count). The van der Waals surface area contributed by atoms with Crippen LogP contribution in [0.15, 0.2) is 33.5 Å². The second kappa shape index (κ2) is 22.3. The lowest BCUT2D eigenvalue weighted by molar-refractivity contribution is -0.394. The average molecular weight is 987 g/mol. The number of hydrogen-bond acceptors (Lipinski definition) is 28. The van der Waals surface area contributed by atoms with E-state index in [1.54, 1.807) is 13.0 Å². The lowest BCUT2D eigenvalue weighted by Gasteiger charge is -2.49. The highest BCUT2D eigenvalue weighted by molar-refractivity contribution is 5.81. The predicted molar refractivity (Wildman–Crippen MR) is 212 cm³/mol. The molecule has 5 fully saturated rings. The Morgan fingerprint density at radius 2 is 0.765 bits per heavy atom. The van der Waals surface area contributed by atoms with Crippen LogP contribution in [-0.4, -0.2) is 268 Å². The molecule has 0 aliphatic carbocycles. The quantitative estimate of drug-likeness (QED) is 0.0737.